The molecule has 1 fully saturated rings. The molecule has 122 valence electrons. The predicted octanol–water partition coefficient (Wildman–Crippen LogP) is 0.660. The van der Waals surface area contributed by atoms with Crippen molar-refractivity contribution in [2.24, 2.45) is 5.92 Å². The normalized spacial score (nSPS) is 18.3. The molecule has 1 N–H and O–H groups in total. The molecule has 0 radical (unpaired) electrons. The van der Waals surface area contributed by atoms with E-state index >= 15 is 0 Å². The highest BCUT2D eigenvalue weighted by molar-refractivity contribution is 5.81. The van der Waals surface area contributed by atoms with E-state index < -0.39 is 0 Å². The van der Waals surface area contributed by atoms with Gasteiger partial charge in [-0.05, 0) is 26.7 Å². The average molecular weight is 307 g/mol. The quantitative estimate of drug-likeness (QED) is 0.866. The van der Waals surface area contributed by atoms with Crippen molar-refractivity contribution in [3.8, 4) is 0 Å². The van der Waals surface area contributed by atoms with Crippen molar-refractivity contribution in [3.05, 3.63) is 11.6 Å². The molecular formula is C15H25N5O2. The molecule has 0 spiro atoms. The van der Waals surface area contributed by atoms with E-state index in [1.807, 2.05) is 20.8 Å². The van der Waals surface area contributed by atoms with Gasteiger partial charge < -0.3 is 10.2 Å². The van der Waals surface area contributed by atoms with Gasteiger partial charge in [0.2, 0.25) is 11.8 Å². The van der Waals surface area contributed by atoms with E-state index in [4.69, 9.17) is 0 Å². The van der Waals surface area contributed by atoms with Gasteiger partial charge in [0.05, 0.1) is 12.5 Å². The zero-order valence-corrected chi connectivity index (χ0v) is 13.6. The van der Waals surface area contributed by atoms with E-state index in [1.54, 1.807) is 9.58 Å². The summed E-state index contributed by atoms with van der Waals surface area (Å²) in [7, 11) is 0. The summed E-state index contributed by atoms with van der Waals surface area (Å²) in [5.41, 5.74) is 0. The number of carbonyl (C=O) groups excluding carboxylic acids is 2. The highest BCUT2D eigenvalue weighted by atomic mass is 16.2. The van der Waals surface area contributed by atoms with Crippen LogP contribution in [0.2, 0.25) is 0 Å². The molecule has 7 heteroatoms. The van der Waals surface area contributed by atoms with Crippen molar-refractivity contribution in [2.75, 3.05) is 19.6 Å². The molecule has 1 aliphatic heterocycles. The number of hydrogen-bond donors (Lipinski definition) is 1. The van der Waals surface area contributed by atoms with Crippen LogP contribution in [0.15, 0.2) is 0 Å². The maximum atomic E-state index is 12.2. The number of likely N-dealkylation sites (tertiary alicyclic amines) is 1. The Balaban J connectivity index is 1.79. The first-order valence-corrected chi connectivity index (χ1v) is 7.94. The SMILES string of the molecule is CCC(=O)N1CCCC(C(=O)NCCn2nc(C)nc2C)C1. The minimum Gasteiger partial charge on any atom is -0.354 e. The smallest absolute Gasteiger partial charge is 0.224 e. The Morgan fingerprint density at radius 1 is 1.36 bits per heavy atom. The maximum absolute atomic E-state index is 12.2. The van der Waals surface area contributed by atoms with Crippen LogP contribution in [-0.4, -0.2) is 51.1 Å². The van der Waals surface area contributed by atoms with E-state index in [0.29, 0.717) is 26.1 Å². The molecular weight excluding hydrogens is 282 g/mol. The molecule has 1 aromatic heterocycles. The molecule has 1 atom stereocenters. The van der Waals surface area contributed by atoms with Crippen LogP contribution < -0.4 is 5.32 Å². The van der Waals surface area contributed by atoms with Crippen LogP contribution in [0.4, 0.5) is 0 Å². The fourth-order valence-electron chi connectivity index (χ4n) is 2.84. The van der Waals surface area contributed by atoms with E-state index in [9.17, 15) is 9.59 Å². The first-order chi connectivity index (χ1) is 10.5. The van der Waals surface area contributed by atoms with Crippen LogP contribution in [0.3, 0.4) is 0 Å². The van der Waals surface area contributed by atoms with Crippen molar-refractivity contribution in [1.82, 2.24) is 25.0 Å². The van der Waals surface area contributed by atoms with Crippen molar-refractivity contribution < 1.29 is 9.59 Å². The highest BCUT2D eigenvalue weighted by Gasteiger charge is 2.27. The molecule has 1 aliphatic rings. The number of aromatic nitrogens is 3. The Kier molecular flexibility index (Phi) is 5.51. The Labute approximate surface area is 131 Å². The number of nitrogens with one attached hydrogen (secondary N) is 1. The topological polar surface area (TPSA) is 80.1 Å². The van der Waals surface area contributed by atoms with Crippen LogP contribution in [0.25, 0.3) is 0 Å². The Bertz CT molecular complexity index is 540. The number of rotatable bonds is 5. The molecule has 1 saturated heterocycles. The molecule has 1 unspecified atom stereocenters. The van der Waals surface area contributed by atoms with Gasteiger partial charge in [-0.15, -0.1) is 0 Å². The van der Waals surface area contributed by atoms with Crippen LogP contribution >= 0.6 is 0 Å². The largest absolute Gasteiger partial charge is 0.354 e. The summed E-state index contributed by atoms with van der Waals surface area (Å²) >= 11 is 0. The van der Waals surface area contributed by atoms with Gasteiger partial charge in [0.25, 0.3) is 0 Å². The van der Waals surface area contributed by atoms with E-state index in [0.717, 1.165) is 31.0 Å². The number of aryl methyl sites for hydroxylation is 2. The maximum Gasteiger partial charge on any atom is 0.224 e. The zero-order chi connectivity index (χ0) is 16.1. The summed E-state index contributed by atoms with van der Waals surface area (Å²) in [6, 6.07) is 0. The third-order valence-corrected chi connectivity index (χ3v) is 4.03. The van der Waals surface area contributed by atoms with Crippen molar-refractivity contribution >= 4 is 11.8 Å². The standard InChI is InChI=1S/C15H25N5O2/c1-4-14(21)19-8-5-6-13(10-19)15(22)16-7-9-20-12(3)17-11(2)18-20/h13H,4-10H2,1-3H3,(H,16,22). The third kappa shape index (κ3) is 4.05. The molecule has 2 amide bonds. The lowest BCUT2D eigenvalue weighted by Crippen LogP contribution is -2.45. The van der Waals surface area contributed by atoms with E-state index in [2.05, 4.69) is 15.4 Å². The van der Waals surface area contributed by atoms with Crippen molar-refractivity contribution in [2.45, 2.75) is 46.6 Å². The number of nitrogens with zero attached hydrogens (tertiary/aromatic N) is 4. The third-order valence-electron chi connectivity index (χ3n) is 4.03. The van der Waals surface area contributed by atoms with Gasteiger partial charge in [0.15, 0.2) is 0 Å². The number of piperidine rings is 1. The lowest BCUT2D eigenvalue weighted by atomic mass is 9.97. The first kappa shape index (κ1) is 16.5. The summed E-state index contributed by atoms with van der Waals surface area (Å²) in [6.07, 6.45) is 2.24. The second-order valence-electron chi connectivity index (χ2n) is 5.75. The fraction of sp³-hybridized carbons (Fsp3) is 0.733. The number of amides is 2. The van der Waals surface area contributed by atoms with Gasteiger partial charge >= 0.3 is 0 Å². The Morgan fingerprint density at radius 3 is 2.77 bits per heavy atom. The molecule has 2 rings (SSSR count). The fourth-order valence-corrected chi connectivity index (χ4v) is 2.84. The summed E-state index contributed by atoms with van der Waals surface area (Å²) in [6.45, 7) is 8.06. The van der Waals surface area contributed by atoms with Gasteiger partial charge in [-0.1, -0.05) is 6.92 Å². The molecule has 2 heterocycles. The van der Waals surface area contributed by atoms with E-state index in [-0.39, 0.29) is 17.7 Å². The Hall–Kier alpha value is -1.92. The summed E-state index contributed by atoms with van der Waals surface area (Å²) < 4.78 is 1.80. The molecule has 7 nitrogen and oxygen atoms in total. The van der Waals surface area contributed by atoms with Gasteiger partial charge in [0, 0.05) is 26.1 Å². The monoisotopic (exact) mass is 307 g/mol. The molecule has 22 heavy (non-hydrogen) atoms. The molecule has 1 aromatic rings. The van der Waals surface area contributed by atoms with Gasteiger partial charge in [-0.2, -0.15) is 5.10 Å². The second-order valence-corrected chi connectivity index (χ2v) is 5.75. The average Bonchev–Trinajstić information content (AvgIpc) is 2.84. The predicted molar refractivity (Wildman–Crippen MR) is 82.1 cm³/mol. The number of carbonyl (C=O) groups is 2. The molecule has 0 bridgehead atoms. The molecule has 0 aliphatic carbocycles. The van der Waals surface area contributed by atoms with Crippen LogP contribution in [0, 0.1) is 19.8 Å². The van der Waals surface area contributed by atoms with Gasteiger partial charge in [-0.25, -0.2) is 9.67 Å². The number of hydrogen-bond acceptors (Lipinski definition) is 4. The van der Waals surface area contributed by atoms with Crippen LogP contribution in [-0.2, 0) is 16.1 Å². The lowest BCUT2D eigenvalue weighted by Gasteiger charge is -2.31. The minimum absolute atomic E-state index is 0.0306. The van der Waals surface area contributed by atoms with E-state index in [1.165, 1.54) is 0 Å². The first-order valence-electron chi connectivity index (χ1n) is 7.94. The van der Waals surface area contributed by atoms with Crippen molar-refractivity contribution in [1.29, 1.82) is 0 Å². The summed E-state index contributed by atoms with van der Waals surface area (Å²) in [5, 5.41) is 7.22. The summed E-state index contributed by atoms with van der Waals surface area (Å²) in [4.78, 5) is 30.0. The minimum atomic E-state index is -0.0946. The molecule has 0 aromatic carbocycles. The highest BCUT2D eigenvalue weighted by Crippen LogP contribution is 2.17. The zero-order valence-electron chi connectivity index (χ0n) is 13.6. The van der Waals surface area contributed by atoms with Crippen molar-refractivity contribution in [3.63, 3.8) is 0 Å². The van der Waals surface area contributed by atoms with Crippen LogP contribution in [0.1, 0.15) is 37.8 Å². The van der Waals surface area contributed by atoms with Gasteiger partial charge in [-0.3, -0.25) is 9.59 Å². The van der Waals surface area contributed by atoms with Gasteiger partial charge in [0.1, 0.15) is 11.6 Å². The molecule has 0 saturated carbocycles. The second kappa shape index (κ2) is 7.38. The Morgan fingerprint density at radius 2 is 2.14 bits per heavy atom. The summed E-state index contributed by atoms with van der Waals surface area (Å²) in [5.74, 6) is 1.66. The van der Waals surface area contributed by atoms with Crippen LogP contribution in [0.5, 0.6) is 0 Å². The lowest BCUT2D eigenvalue weighted by molar-refractivity contribution is -0.135.